The normalized spacial score (nSPS) is 10.7. The SMILES string of the molecule is Cc1c(Br)cccc1NC(=O)c1cccc2cc[nH]c12. The van der Waals surface area contributed by atoms with Crippen molar-refractivity contribution in [1.29, 1.82) is 0 Å². The number of hydrogen-bond donors (Lipinski definition) is 2. The summed E-state index contributed by atoms with van der Waals surface area (Å²) < 4.78 is 0.980. The van der Waals surface area contributed by atoms with Crippen LogP contribution in [0.3, 0.4) is 0 Å². The molecule has 0 aliphatic heterocycles. The average Bonchev–Trinajstić information content (AvgIpc) is 2.92. The van der Waals surface area contributed by atoms with Gasteiger partial charge in [-0.15, -0.1) is 0 Å². The first kappa shape index (κ1) is 12.9. The van der Waals surface area contributed by atoms with E-state index in [0.29, 0.717) is 5.56 Å². The summed E-state index contributed by atoms with van der Waals surface area (Å²) >= 11 is 3.47. The number of para-hydroxylation sites is 1. The third kappa shape index (κ3) is 2.23. The fourth-order valence-corrected chi connectivity index (χ4v) is 2.57. The minimum Gasteiger partial charge on any atom is -0.361 e. The highest BCUT2D eigenvalue weighted by Crippen LogP contribution is 2.25. The van der Waals surface area contributed by atoms with Gasteiger partial charge < -0.3 is 10.3 Å². The van der Waals surface area contributed by atoms with Crippen LogP contribution in [0.2, 0.25) is 0 Å². The van der Waals surface area contributed by atoms with Crippen molar-refractivity contribution in [3.8, 4) is 0 Å². The number of anilines is 1. The highest BCUT2D eigenvalue weighted by atomic mass is 79.9. The van der Waals surface area contributed by atoms with Crippen LogP contribution < -0.4 is 5.32 Å². The molecule has 100 valence electrons. The van der Waals surface area contributed by atoms with Gasteiger partial charge >= 0.3 is 0 Å². The minimum atomic E-state index is -0.112. The molecule has 0 aliphatic carbocycles. The largest absolute Gasteiger partial charge is 0.361 e. The van der Waals surface area contributed by atoms with Gasteiger partial charge in [-0.25, -0.2) is 0 Å². The molecule has 0 fully saturated rings. The third-order valence-corrected chi connectivity index (χ3v) is 4.21. The Bertz CT molecular complexity index is 792. The second-order valence-corrected chi connectivity index (χ2v) is 5.47. The van der Waals surface area contributed by atoms with Crippen LogP contribution in [0, 0.1) is 6.92 Å². The van der Waals surface area contributed by atoms with Gasteiger partial charge in [0, 0.05) is 21.7 Å². The summed E-state index contributed by atoms with van der Waals surface area (Å²) in [5.41, 5.74) is 3.33. The van der Waals surface area contributed by atoms with E-state index in [0.717, 1.165) is 26.6 Å². The maximum atomic E-state index is 12.4. The van der Waals surface area contributed by atoms with E-state index in [-0.39, 0.29) is 5.91 Å². The highest BCUT2D eigenvalue weighted by molar-refractivity contribution is 9.10. The average molecular weight is 329 g/mol. The van der Waals surface area contributed by atoms with E-state index in [1.165, 1.54) is 0 Å². The van der Waals surface area contributed by atoms with Gasteiger partial charge in [0.15, 0.2) is 0 Å². The predicted molar refractivity (Wildman–Crippen MR) is 85.1 cm³/mol. The van der Waals surface area contributed by atoms with E-state index in [1.807, 2.05) is 55.6 Å². The molecule has 20 heavy (non-hydrogen) atoms. The Labute approximate surface area is 125 Å². The van der Waals surface area contributed by atoms with Crippen LogP contribution in [0.15, 0.2) is 53.1 Å². The zero-order chi connectivity index (χ0) is 14.1. The molecule has 0 unspecified atom stereocenters. The van der Waals surface area contributed by atoms with Crippen molar-refractivity contribution in [2.45, 2.75) is 6.92 Å². The van der Waals surface area contributed by atoms with Crippen LogP contribution in [0.4, 0.5) is 5.69 Å². The second-order valence-electron chi connectivity index (χ2n) is 4.61. The van der Waals surface area contributed by atoms with Crippen LogP contribution in [-0.2, 0) is 0 Å². The van der Waals surface area contributed by atoms with E-state index in [4.69, 9.17) is 0 Å². The number of aromatic amines is 1. The van der Waals surface area contributed by atoms with Crippen molar-refractivity contribution in [3.63, 3.8) is 0 Å². The lowest BCUT2D eigenvalue weighted by Crippen LogP contribution is -2.13. The molecule has 3 rings (SSSR count). The first-order valence-corrected chi connectivity index (χ1v) is 7.08. The zero-order valence-corrected chi connectivity index (χ0v) is 12.5. The van der Waals surface area contributed by atoms with Gasteiger partial charge in [-0.3, -0.25) is 4.79 Å². The molecule has 0 atom stereocenters. The van der Waals surface area contributed by atoms with Crippen molar-refractivity contribution >= 4 is 38.4 Å². The standard InChI is InChI=1S/C16H13BrN2O/c1-10-13(17)6-3-7-14(10)19-16(20)12-5-2-4-11-8-9-18-15(11)12/h2-9,18H,1H3,(H,19,20). The molecule has 3 aromatic rings. The van der Waals surface area contributed by atoms with E-state index in [1.54, 1.807) is 0 Å². The van der Waals surface area contributed by atoms with E-state index < -0.39 is 0 Å². The van der Waals surface area contributed by atoms with Crippen molar-refractivity contribution in [2.24, 2.45) is 0 Å². The van der Waals surface area contributed by atoms with Gasteiger partial charge in [-0.05, 0) is 36.8 Å². The summed E-state index contributed by atoms with van der Waals surface area (Å²) in [4.78, 5) is 15.6. The molecule has 0 aliphatic rings. The van der Waals surface area contributed by atoms with E-state index in [2.05, 4.69) is 26.2 Å². The van der Waals surface area contributed by atoms with Gasteiger partial charge in [0.25, 0.3) is 5.91 Å². The van der Waals surface area contributed by atoms with Crippen molar-refractivity contribution in [3.05, 3.63) is 64.3 Å². The number of nitrogens with one attached hydrogen (secondary N) is 2. The van der Waals surface area contributed by atoms with Crippen LogP contribution in [0.25, 0.3) is 10.9 Å². The maximum Gasteiger partial charge on any atom is 0.257 e. The lowest BCUT2D eigenvalue weighted by Gasteiger charge is -2.10. The zero-order valence-electron chi connectivity index (χ0n) is 10.9. The molecule has 4 heteroatoms. The van der Waals surface area contributed by atoms with Gasteiger partial charge in [0.2, 0.25) is 0 Å². The molecular weight excluding hydrogens is 316 g/mol. The van der Waals surface area contributed by atoms with Gasteiger partial charge in [0.1, 0.15) is 0 Å². The predicted octanol–water partition coefficient (Wildman–Crippen LogP) is 4.49. The van der Waals surface area contributed by atoms with Crippen LogP contribution in [0.5, 0.6) is 0 Å². The van der Waals surface area contributed by atoms with Crippen molar-refractivity contribution in [1.82, 2.24) is 4.98 Å². The fourth-order valence-electron chi connectivity index (χ4n) is 2.21. The number of fused-ring (bicyclic) bond motifs is 1. The molecular formula is C16H13BrN2O. The summed E-state index contributed by atoms with van der Waals surface area (Å²) in [6.45, 7) is 1.97. The second kappa shape index (κ2) is 5.13. The lowest BCUT2D eigenvalue weighted by molar-refractivity contribution is 0.102. The summed E-state index contributed by atoms with van der Waals surface area (Å²) in [5.74, 6) is -0.112. The number of aromatic nitrogens is 1. The quantitative estimate of drug-likeness (QED) is 0.715. The lowest BCUT2D eigenvalue weighted by atomic mass is 10.1. The summed E-state index contributed by atoms with van der Waals surface area (Å²) in [7, 11) is 0. The maximum absolute atomic E-state index is 12.4. The molecule has 3 nitrogen and oxygen atoms in total. The van der Waals surface area contributed by atoms with Gasteiger partial charge in [-0.2, -0.15) is 0 Å². The van der Waals surface area contributed by atoms with E-state index in [9.17, 15) is 4.79 Å². The number of hydrogen-bond acceptors (Lipinski definition) is 1. The molecule has 0 saturated heterocycles. The van der Waals surface area contributed by atoms with E-state index >= 15 is 0 Å². The molecule has 1 aromatic heterocycles. The molecule has 2 aromatic carbocycles. The molecule has 1 heterocycles. The van der Waals surface area contributed by atoms with Crippen LogP contribution >= 0.6 is 15.9 Å². The topological polar surface area (TPSA) is 44.9 Å². The number of benzene rings is 2. The number of carbonyl (C=O) groups is 1. The Morgan fingerprint density at radius 3 is 2.80 bits per heavy atom. The number of carbonyl (C=O) groups excluding carboxylic acids is 1. The van der Waals surface area contributed by atoms with Gasteiger partial charge in [-0.1, -0.05) is 34.1 Å². The Morgan fingerprint density at radius 2 is 1.95 bits per heavy atom. The Kier molecular flexibility index (Phi) is 3.32. The Balaban J connectivity index is 1.97. The number of H-pyrrole nitrogens is 1. The van der Waals surface area contributed by atoms with Gasteiger partial charge in [0.05, 0.1) is 11.1 Å². The number of amides is 1. The smallest absolute Gasteiger partial charge is 0.257 e. The molecule has 0 saturated carbocycles. The summed E-state index contributed by atoms with van der Waals surface area (Å²) in [6.07, 6.45) is 1.84. The van der Waals surface area contributed by atoms with Crippen molar-refractivity contribution in [2.75, 3.05) is 5.32 Å². The highest BCUT2D eigenvalue weighted by Gasteiger charge is 2.12. The molecule has 1 amide bonds. The Hall–Kier alpha value is -2.07. The fraction of sp³-hybridized carbons (Fsp3) is 0.0625. The summed E-state index contributed by atoms with van der Waals surface area (Å²) in [6, 6.07) is 13.4. The van der Waals surface area contributed by atoms with Crippen LogP contribution in [0.1, 0.15) is 15.9 Å². The molecule has 0 spiro atoms. The number of rotatable bonds is 2. The summed E-state index contributed by atoms with van der Waals surface area (Å²) in [5, 5.41) is 3.99. The van der Waals surface area contributed by atoms with Crippen LogP contribution in [-0.4, -0.2) is 10.9 Å². The first-order chi connectivity index (χ1) is 9.66. The van der Waals surface area contributed by atoms with Crippen molar-refractivity contribution < 1.29 is 4.79 Å². The molecule has 0 bridgehead atoms. The third-order valence-electron chi connectivity index (χ3n) is 3.35. The minimum absolute atomic E-state index is 0.112. The molecule has 2 N–H and O–H groups in total. The number of halogens is 1. The first-order valence-electron chi connectivity index (χ1n) is 6.29. The monoisotopic (exact) mass is 328 g/mol. The molecule has 0 radical (unpaired) electrons. The Morgan fingerprint density at radius 1 is 1.15 bits per heavy atom.